The summed E-state index contributed by atoms with van der Waals surface area (Å²) in [6.45, 7) is 5.32. The molecule has 5 N–H and O–H groups in total. The zero-order valence-electron chi connectivity index (χ0n) is 29.2. The number of carbonyl (C=O) groups excluding carboxylic acids is 2. The Hall–Kier alpha value is -2.39. The van der Waals surface area contributed by atoms with E-state index in [0.717, 1.165) is 38.5 Å². The Morgan fingerprint density at radius 2 is 1.00 bits per heavy atom. The van der Waals surface area contributed by atoms with Crippen molar-refractivity contribution >= 4 is 17.8 Å². The van der Waals surface area contributed by atoms with Gasteiger partial charge >= 0.3 is 0 Å². The fourth-order valence-corrected chi connectivity index (χ4v) is 5.61. The number of nitro groups is 1. The zero-order chi connectivity index (χ0) is 33.2. The Morgan fingerprint density at radius 1 is 0.600 bits per heavy atom. The average molecular weight is 639 g/mol. The molecule has 0 unspecified atom stereocenters. The minimum absolute atomic E-state index is 0.110. The molecule has 0 heterocycles. The number of nitrogens with one attached hydrogen (secondary N) is 5. The van der Waals surface area contributed by atoms with Crippen molar-refractivity contribution in [2.45, 2.75) is 193 Å². The molecular weight excluding hydrogens is 568 g/mol. The molecular formula is C35H70N6O4. The molecule has 0 aliphatic carbocycles. The Labute approximate surface area is 275 Å². The van der Waals surface area contributed by atoms with Gasteiger partial charge in [-0.1, -0.05) is 161 Å². The van der Waals surface area contributed by atoms with Crippen molar-refractivity contribution in [3.8, 4) is 0 Å². The minimum Gasteiger partial charge on any atom is -0.354 e. The number of nitrogens with zero attached hydrogens (tertiary/aromatic N) is 1. The van der Waals surface area contributed by atoms with Gasteiger partial charge in [-0.05, 0) is 25.7 Å². The Bertz CT molecular complexity index is 737. The second-order valence-corrected chi connectivity index (χ2v) is 12.8. The number of rotatable bonds is 33. The maximum Gasteiger partial charge on any atom is 0.251 e. The summed E-state index contributed by atoms with van der Waals surface area (Å²) in [6.07, 6.45) is 31.7. The van der Waals surface area contributed by atoms with Gasteiger partial charge in [0, 0.05) is 19.5 Å². The molecule has 0 aromatic heterocycles. The lowest BCUT2D eigenvalue weighted by Crippen LogP contribution is -2.47. The molecule has 45 heavy (non-hydrogen) atoms. The summed E-state index contributed by atoms with van der Waals surface area (Å²) in [4.78, 5) is 35.9. The molecule has 0 radical (unpaired) electrons. The monoisotopic (exact) mass is 639 g/mol. The molecule has 0 saturated heterocycles. The molecule has 1 atom stereocenters. The summed E-state index contributed by atoms with van der Waals surface area (Å²) in [5, 5.41) is 25.6. The number of hydrazine groups is 1. The third kappa shape index (κ3) is 31.4. The normalized spacial score (nSPS) is 11.6. The standard InChI is InChI=1S/C35H70N6O4/c1-3-5-7-9-10-11-12-13-14-15-16-17-18-19-20-21-22-23-25-29-33(42)39-32(28-27-31-38-35(36)40-41(44)45)34(43)37-30-26-24-8-6-4-2/h32H,3-31H2,1-2H3,(H,37,43)(H,39,42)(H3,36,38,40)/t32-/m0/s1. The Balaban J connectivity index is 3.97. The van der Waals surface area contributed by atoms with Crippen LogP contribution in [0.2, 0.25) is 0 Å². The minimum atomic E-state index is -0.799. The summed E-state index contributed by atoms with van der Waals surface area (Å²) in [5.41, 5.74) is 1.75. The van der Waals surface area contributed by atoms with Crippen LogP contribution in [0.4, 0.5) is 0 Å². The highest BCUT2D eigenvalue weighted by atomic mass is 16.7. The Morgan fingerprint density at radius 3 is 1.44 bits per heavy atom. The first-order valence-electron chi connectivity index (χ1n) is 18.7. The van der Waals surface area contributed by atoms with E-state index in [1.165, 1.54) is 116 Å². The highest BCUT2D eigenvalue weighted by molar-refractivity contribution is 5.87. The van der Waals surface area contributed by atoms with Crippen molar-refractivity contribution in [2.24, 2.45) is 0 Å². The van der Waals surface area contributed by atoms with Gasteiger partial charge in [0.25, 0.3) is 5.96 Å². The van der Waals surface area contributed by atoms with Gasteiger partial charge < -0.3 is 16.0 Å². The molecule has 0 rings (SSSR count). The predicted octanol–water partition coefficient (Wildman–Crippen LogP) is 8.47. The van der Waals surface area contributed by atoms with E-state index in [4.69, 9.17) is 5.41 Å². The molecule has 0 saturated carbocycles. The van der Waals surface area contributed by atoms with E-state index < -0.39 is 17.0 Å². The van der Waals surface area contributed by atoms with Crippen LogP contribution in [0.3, 0.4) is 0 Å². The smallest absolute Gasteiger partial charge is 0.251 e. The lowest BCUT2D eigenvalue weighted by molar-refractivity contribution is -0.525. The van der Waals surface area contributed by atoms with Crippen molar-refractivity contribution < 1.29 is 14.6 Å². The van der Waals surface area contributed by atoms with Gasteiger partial charge in [-0.3, -0.25) is 15.0 Å². The number of hydrogen-bond donors (Lipinski definition) is 5. The first kappa shape index (κ1) is 42.6. The molecule has 264 valence electrons. The summed E-state index contributed by atoms with van der Waals surface area (Å²) < 4.78 is 0. The highest BCUT2D eigenvalue weighted by Crippen LogP contribution is 2.15. The molecule has 0 fully saturated rings. The maximum atomic E-state index is 12.8. The molecule has 10 nitrogen and oxygen atoms in total. The van der Waals surface area contributed by atoms with Gasteiger partial charge in [0.05, 0.1) is 0 Å². The van der Waals surface area contributed by atoms with Gasteiger partial charge in [0.2, 0.25) is 11.8 Å². The largest absolute Gasteiger partial charge is 0.354 e. The van der Waals surface area contributed by atoms with Crippen LogP contribution in [0, 0.1) is 15.5 Å². The van der Waals surface area contributed by atoms with Crippen LogP contribution in [0.15, 0.2) is 0 Å². The molecule has 10 heteroatoms. The van der Waals surface area contributed by atoms with Gasteiger partial charge in [-0.15, -0.1) is 0 Å². The van der Waals surface area contributed by atoms with E-state index in [-0.39, 0.29) is 18.4 Å². The van der Waals surface area contributed by atoms with Crippen LogP contribution in [0.25, 0.3) is 0 Å². The van der Waals surface area contributed by atoms with Crippen molar-refractivity contribution in [2.75, 3.05) is 13.1 Å². The van der Waals surface area contributed by atoms with E-state index in [2.05, 4.69) is 29.8 Å². The average Bonchev–Trinajstić information content (AvgIpc) is 3.01. The Kier molecular flexibility index (Phi) is 31.2. The summed E-state index contributed by atoms with van der Waals surface area (Å²) in [7, 11) is 0. The molecule has 0 aromatic carbocycles. The van der Waals surface area contributed by atoms with Crippen molar-refractivity contribution in [3.05, 3.63) is 10.1 Å². The second kappa shape index (κ2) is 33.0. The second-order valence-electron chi connectivity index (χ2n) is 12.8. The van der Waals surface area contributed by atoms with E-state index >= 15 is 0 Å². The molecule has 0 aliphatic rings. The number of carbonyl (C=O) groups is 2. The number of guanidine groups is 1. The lowest BCUT2D eigenvalue weighted by atomic mass is 10.0. The fourth-order valence-electron chi connectivity index (χ4n) is 5.61. The predicted molar refractivity (Wildman–Crippen MR) is 187 cm³/mol. The molecule has 0 aromatic rings. The molecule has 2 amide bonds. The molecule has 0 aliphatic heterocycles. The topological polar surface area (TPSA) is 149 Å². The van der Waals surface area contributed by atoms with Gasteiger partial charge in [0.15, 0.2) is 5.03 Å². The lowest BCUT2D eigenvalue weighted by Gasteiger charge is -2.19. The van der Waals surface area contributed by atoms with Crippen molar-refractivity contribution in [1.29, 1.82) is 5.41 Å². The summed E-state index contributed by atoms with van der Waals surface area (Å²) in [6, 6.07) is -0.645. The van der Waals surface area contributed by atoms with Gasteiger partial charge in [-0.2, -0.15) is 0 Å². The van der Waals surface area contributed by atoms with Crippen molar-refractivity contribution in [3.63, 3.8) is 0 Å². The first-order chi connectivity index (χ1) is 21.9. The summed E-state index contributed by atoms with van der Waals surface area (Å²) >= 11 is 0. The van der Waals surface area contributed by atoms with Crippen LogP contribution in [-0.4, -0.2) is 41.9 Å². The quantitative estimate of drug-likeness (QED) is 0.0160. The molecule has 0 bridgehead atoms. The van der Waals surface area contributed by atoms with Crippen LogP contribution < -0.4 is 21.4 Å². The SMILES string of the molecule is CCCCCCCCCCCCCCCCCCCCCC(=O)N[C@@H](CCCNC(=N)N[N+](=O)[O-])C(=O)NCCCCCCC. The van der Waals surface area contributed by atoms with Crippen molar-refractivity contribution in [1.82, 2.24) is 21.4 Å². The van der Waals surface area contributed by atoms with Crippen LogP contribution in [-0.2, 0) is 9.59 Å². The highest BCUT2D eigenvalue weighted by Gasteiger charge is 2.20. The third-order valence-electron chi connectivity index (χ3n) is 8.41. The number of amides is 2. The fraction of sp³-hybridized carbons (Fsp3) is 0.914. The molecule has 0 spiro atoms. The van der Waals surface area contributed by atoms with E-state index in [1.54, 1.807) is 5.43 Å². The van der Waals surface area contributed by atoms with E-state index in [9.17, 15) is 19.7 Å². The zero-order valence-corrected chi connectivity index (χ0v) is 29.2. The first-order valence-corrected chi connectivity index (χ1v) is 18.7. The van der Waals surface area contributed by atoms with E-state index in [0.29, 0.717) is 25.8 Å². The third-order valence-corrected chi connectivity index (χ3v) is 8.41. The number of hydrogen-bond acceptors (Lipinski definition) is 5. The van der Waals surface area contributed by atoms with Gasteiger partial charge in [-0.25, -0.2) is 10.1 Å². The van der Waals surface area contributed by atoms with Gasteiger partial charge in [0.1, 0.15) is 6.04 Å². The van der Waals surface area contributed by atoms with Crippen LogP contribution in [0.1, 0.15) is 187 Å². The van der Waals surface area contributed by atoms with Crippen LogP contribution >= 0.6 is 0 Å². The maximum absolute atomic E-state index is 12.8. The number of unbranched alkanes of at least 4 members (excludes halogenated alkanes) is 22. The summed E-state index contributed by atoms with van der Waals surface area (Å²) in [5.74, 6) is -0.701. The van der Waals surface area contributed by atoms with Crippen LogP contribution in [0.5, 0.6) is 0 Å². The van der Waals surface area contributed by atoms with E-state index in [1.807, 2.05) is 0 Å².